The molecule has 2 aromatic heterocycles. The number of benzene rings is 1. The standard InChI is InChI=1S/C13H9BrN2OS.C2H6/c14-8-5-9(18-7-8)6-12-10-3-1-2-4-11(10)13(17)16-15-12;1-2/h1-5,7H,6H2,(H,16,17);1-2H3. The van der Waals surface area contributed by atoms with E-state index in [0.29, 0.717) is 5.39 Å². The van der Waals surface area contributed by atoms with Crippen LogP contribution < -0.4 is 5.56 Å². The Kier molecular flexibility index (Phi) is 5.09. The van der Waals surface area contributed by atoms with Crippen molar-refractivity contribution in [3.05, 3.63) is 61.1 Å². The normalized spacial score (nSPS) is 10.2. The molecule has 1 N–H and O–H groups in total. The summed E-state index contributed by atoms with van der Waals surface area (Å²) in [6.45, 7) is 4.00. The molecule has 1 aromatic carbocycles. The number of thiophene rings is 1. The van der Waals surface area contributed by atoms with Crippen LogP contribution in [0.3, 0.4) is 0 Å². The molecule has 2 heterocycles. The molecule has 3 nitrogen and oxygen atoms in total. The van der Waals surface area contributed by atoms with Gasteiger partial charge in [0.05, 0.1) is 11.1 Å². The third-order valence-corrected chi connectivity index (χ3v) is 4.44. The SMILES string of the molecule is CC.O=c1[nH]nc(Cc2cc(Br)cs2)c2ccccc12. The number of aromatic nitrogens is 2. The van der Waals surface area contributed by atoms with Crippen LogP contribution in [0.1, 0.15) is 24.4 Å². The molecule has 20 heavy (non-hydrogen) atoms. The van der Waals surface area contributed by atoms with E-state index in [-0.39, 0.29) is 5.56 Å². The monoisotopic (exact) mass is 350 g/mol. The smallest absolute Gasteiger partial charge is 0.267 e. The number of nitrogens with one attached hydrogen (secondary N) is 1. The molecule has 0 unspecified atom stereocenters. The van der Waals surface area contributed by atoms with Crippen LogP contribution in [0.4, 0.5) is 0 Å². The van der Waals surface area contributed by atoms with Gasteiger partial charge in [-0.3, -0.25) is 4.79 Å². The third kappa shape index (κ3) is 3.16. The molecule has 3 aromatic rings. The number of fused-ring (bicyclic) bond motifs is 1. The second-order valence-electron chi connectivity index (χ2n) is 3.95. The van der Waals surface area contributed by atoms with E-state index in [4.69, 9.17) is 0 Å². The van der Waals surface area contributed by atoms with Crippen molar-refractivity contribution in [2.75, 3.05) is 0 Å². The number of hydrogen-bond acceptors (Lipinski definition) is 3. The van der Waals surface area contributed by atoms with Gasteiger partial charge in [0, 0.05) is 26.5 Å². The molecule has 0 atom stereocenters. The molecule has 0 spiro atoms. The Bertz CT molecular complexity index is 764. The van der Waals surface area contributed by atoms with Gasteiger partial charge in [0.25, 0.3) is 5.56 Å². The van der Waals surface area contributed by atoms with Gasteiger partial charge in [0.1, 0.15) is 0 Å². The molecule has 0 saturated carbocycles. The largest absolute Gasteiger partial charge is 0.272 e. The highest BCUT2D eigenvalue weighted by Gasteiger charge is 2.07. The first-order valence-corrected chi connectivity index (χ1v) is 8.10. The lowest BCUT2D eigenvalue weighted by Gasteiger charge is -2.02. The van der Waals surface area contributed by atoms with Crippen molar-refractivity contribution in [1.29, 1.82) is 0 Å². The van der Waals surface area contributed by atoms with Crippen molar-refractivity contribution in [1.82, 2.24) is 10.2 Å². The predicted molar refractivity (Wildman–Crippen MR) is 88.5 cm³/mol. The van der Waals surface area contributed by atoms with Gasteiger partial charge in [-0.2, -0.15) is 5.10 Å². The Morgan fingerprint density at radius 1 is 1.25 bits per heavy atom. The average Bonchev–Trinajstić information content (AvgIpc) is 2.90. The van der Waals surface area contributed by atoms with Crippen LogP contribution in [0.5, 0.6) is 0 Å². The molecule has 104 valence electrons. The van der Waals surface area contributed by atoms with Crippen molar-refractivity contribution in [3.63, 3.8) is 0 Å². The first kappa shape index (κ1) is 14.9. The summed E-state index contributed by atoms with van der Waals surface area (Å²) < 4.78 is 1.08. The van der Waals surface area contributed by atoms with E-state index in [1.807, 2.05) is 43.5 Å². The van der Waals surface area contributed by atoms with E-state index >= 15 is 0 Å². The fourth-order valence-corrected chi connectivity index (χ4v) is 3.37. The highest BCUT2D eigenvalue weighted by Crippen LogP contribution is 2.23. The molecule has 0 amide bonds. The van der Waals surface area contributed by atoms with E-state index < -0.39 is 0 Å². The van der Waals surface area contributed by atoms with Gasteiger partial charge in [-0.15, -0.1) is 11.3 Å². The van der Waals surface area contributed by atoms with E-state index in [1.54, 1.807) is 11.3 Å². The van der Waals surface area contributed by atoms with E-state index in [9.17, 15) is 4.79 Å². The fraction of sp³-hybridized carbons (Fsp3) is 0.200. The van der Waals surface area contributed by atoms with Crippen LogP contribution in [0.25, 0.3) is 10.8 Å². The lowest BCUT2D eigenvalue weighted by atomic mass is 10.1. The zero-order valence-corrected chi connectivity index (χ0v) is 13.7. The second kappa shape index (κ2) is 6.81. The maximum atomic E-state index is 11.7. The minimum absolute atomic E-state index is 0.137. The van der Waals surface area contributed by atoms with Crippen molar-refractivity contribution >= 4 is 38.0 Å². The first-order chi connectivity index (χ1) is 9.74. The van der Waals surface area contributed by atoms with E-state index in [1.165, 1.54) is 4.88 Å². The van der Waals surface area contributed by atoms with Crippen LogP contribution >= 0.6 is 27.3 Å². The van der Waals surface area contributed by atoms with E-state index in [0.717, 1.165) is 22.0 Å². The van der Waals surface area contributed by atoms with Crippen molar-refractivity contribution in [2.45, 2.75) is 20.3 Å². The summed E-state index contributed by atoms with van der Waals surface area (Å²) >= 11 is 5.12. The molecule has 0 saturated heterocycles. The van der Waals surface area contributed by atoms with Crippen molar-refractivity contribution < 1.29 is 0 Å². The van der Waals surface area contributed by atoms with Gasteiger partial charge in [0.15, 0.2) is 0 Å². The van der Waals surface area contributed by atoms with E-state index in [2.05, 4.69) is 32.2 Å². The zero-order valence-electron chi connectivity index (χ0n) is 11.3. The predicted octanol–water partition coefficient (Wildman–Crippen LogP) is 4.36. The summed E-state index contributed by atoms with van der Waals surface area (Å²) in [4.78, 5) is 12.9. The molecule has 0 aliphatic rings. The molecule has 0 aliphatic heterocycles. The molecular weight excluding hydrogens is 336 g/mol. The lowest BCUT2D eigenvalue weighted by molar-refractivity contribution is 0.940. The van der Waals surface area contributed by atoms with Crippen LogP contribution in [-0.4, -0.2) is 10.2 Å². The van der Waals surface area contributed by atoms with Crippen LogP contribution in [0, 0.1) is 0 Å². The minimum Gasteiger partial charge on any atom is -0.267 e. The van der Waals surface area contributed by atoms with Gasteiger partial charge < -0.3 is 0 Å². The number of hydrogen-bond donors (Lipinski definition) is 1. The van der Waals surface area contributed by atoms with Crippen molar-refractivity contribution in [2.24, 2.45) is 0 Å². The highest BCUT2D eigenvalue weighted by molar-refractivity contribution is 9.10. The molecule has 5 heteroatoms. The quantitative estimate of drug-likeness (QED) is 0.745. The topological polar surface area (TPSA) is 45.8 Å². The number of H-pyrrole nitrogens is 1. The summed E-state index contributed by atoms with van der Waals surface area (Å²) in [6, 6.07) is 9.63. The Hall–Kier alpha value is -1.46. The number of nitrogens with zero attached hydrogens (tertiary/aromatic N) is 1. The number of aromatic amines is 1. The molecule has 0 radical (unpaired) electrons. The molecule has 3 rings (SSSR count). The Morgan fingerprint density at radius 3 is 2.60 bits per heavy atom. The van der Waals surface area contributed by atoms with Gasteiger partial charge in [-0.25, -0.2) is 5.10 Å². The highest BCUT2D eigenvalue weighted by atomic mass is 79.9. The van der Waals surface area contributed by atoms with Gasteiger partial charge in [-0.1, -0.05) is 32.0 Å². The summed E-state index contributed by atoms with van der Waals surface area (Å²) in [5.41, 5.74) is 0.765. The van der Waals surface area contributed by atoms with Crippen LogP contribution in [-0.2, 0) is 6.42 Å². The minimum atomic E-state index is -0.137. The lowest BCUT2D eigenvalue weighted by Crippen LogP contribution is -2.10. The number of halogens is 1. The number of rotatable bonds is 2. The first-order valence-electron chi connectivity index (χ1n) is 6.43. The Morgan fingerprint density at radius 2 is 1.95 bits per heavy atom. The fourth-order valence-electron chi connectivity index (χ4n) is 1.92. The summed E-state index contributed by atoms with van der Waals surface area (Å²) in [5.74, 6) is 0. The third-order valence-electron chi connectivity index (χ3n) is 2.74. The van der Waals surface area contributed by atoms with Crippen LogP contribution in [0.2, 0.25) is 0 Å². The van der Waals surface area contributed by atoms with Gasteiger partial charge >= 0.3 is 0 Å². The molecule has 0 fully saturated rings. The maximum absolute atomic E-state index is 11.7. The summed E-state index contributed by atoms with van der Waals surface area (Å²) in [7, 11) is 0. The van der Waals surface area contributed by atoms with Gasteiger partial charge in [0.2, 0.25) is 0 Å². The Labute approximate surface area is 129 Å². The Balaban J connectivity index is 0.000000704. The zero-order chi connectivity index (χ0) is 14.5. The average molecular weight is 351 g/mol. The summed E-state index contributed by atoms with van der Waals surface area (Å²) in [6.07, 6.45) is 0.730. The maximum Gasteiger partial charge on any atom is 0.272 e. The van der Waals surface area contributed by atoms with Crippen molar-refractivity contribution in [3.8, 4) is 0 Å². The molecular formula is C15H15BrN2OS. The summed E-state index contributed by atoms with van der Waals surface area (Å²) in [5, 5.41) is 10.4. The molecule has 0 bridgehead atoms. The second-order valence-corrected chi connectivity index (χ2v) is 5.86. The van der Waals surface area contributed by atoms with Crippen LogP contribution in [0.15, 0.2) is 45.0 Å². The molecule has 0 aliphatic carbocycles. The van der Waals surface area contributed by atoms with Gasteiger partial charge in [-0.05, 0) is 28.1 Å².